The second-order valence-corrected chi connectivity index (χ2v) is 5.35. The van der Waals surface area contributed by atoms with Crippen LogP contribution in [0.2, 0.25) is 0 Å². The minimum atomic E-state index is 0.416. The second-order valence-electron chi connectivity index (χ2n) is 5.35. The molecule has 0 aliphatic heterocycles. The molecule has 0 aromatic heterocycles. The molecular weight excluding hydrogens is 226 g/mol. The summed E-state index contributed by atoms with van der Waals surface area (Å²) in [6, 6.07) is 6.87. The maximum atomic E-state index is 9.82. The van der Waals surface area contributed by atoms with E-state index in [1.54, 1.807) is 6.07 Å². The first kappa shape index (κ1) is 12.0. The highest BCUT2D eigenvalue weighted by atomic mass is 16.5. The summed E-state index contributed by atoms with van der Waals surface area (Å²) in [7, 11) is 0. The maximum absolute atomic E-state index is 9.82. The molecule has 0 spiro atoms. The summed E-state index contributed by atoms with van der Waals surface area (Å²) in [5.41, 5.74) is 2.42. The number of hydrogen-bond acceptors (Lipinski definition) is 3. The van der Waals surface area contributed by atoms with E-state index in [1.165, 1.54) is 5.56 Å². The molecule has 1 unspecified atom stereocenters. The van der Waals surface area contributed by atoms with Crippen LogP contribution < -0.4 is 5.32 Å². The highest BCUT2D eigenvalue weighted by Gasteiger charge is 2.33. The van der Waals surface area contributed by atoms with Crippen LogP contribution in [0.3, 0.4) is 0 Å². The highest BCUT2D eigenvalue weighted by molar-refractivity contribution is 5.44. The first-order valence-corrected chi connectivity index (χ1v) is 6.96. The van der Waals surface area contributed by atoms with Crippen molar-refractivity contribution < 1.29 is 9.84 Å². The van der Waals surface area contributed by atoms with Gasteiger partial charge in [0.15, 0.2) is 0 Å². The number of aromatic hydroxyl groups is 1. The van der Waals surface area contributed by atoms with Crippen molar-refractivity contribution in [2.24, 2.45) is 0 Å². The molecule has 0 amide bonds. The quantitative estimate of drug-likeness (QED) is 0.859. The molecule has 0 heterocycles. The van der Waals surface area contributed by atoms with Crippen molar-refractivity contribution in [3.8, 4) is 5.75 Å². The SMILES string of the molecule is CCOC1CC(NC2CCc3c(O)cccc32)C1. The lowest BCUT2D eigenvalue weighted by atomic mass is 9.88. The maximum Gasteiger partial charge on any atom is 0.119 e. The summed E-state index contributed by atoms with van der Waals surface area (Å²) in [5.74, 6) is 0.456. The standard InChI is InChI=1S/C15H21NO2/c1-2-18-11-8-10(9-11)16-14-7-6-13-12(14)4-3-5-15(13)17/h3-5,10-11,14,16-17H,2,6-9H2,1H3. The third kappa shape index (κ3) is 2.13. The molecule has 2 aliphatic carbocycles. The van der Waals surface area contributed by atoms with Gasteiger partial charge in [-0.1, -0.05) is 12.1 Å². The first-order chi connectivity index (χ1) is 8.78. The predicted octanol–water partition coefficient (Wildman–Crippen LogP) is 2.54. The van der Waals surface area contributed by atoms with E-state index in [0.717, 1.165) is 37.9 Å². The Labute approximate surface area is 108 Å². The van der Waals surface area contributed by atoms with Gasteiger partial charge in [-0.25, -0.2) is 0 Å². The van der Waals surface area contributed by atoms with Crippen LogP contribution in [0, 0.1) is 0 Å². The fourth-order valence-corrected chi connectivity index (χ4v) is 3.17. The van der Waals surface area contributed by atoms with Gasteiger partial charge in [0, 0.05) is 18.7 Å². The Morgan fingerprint density at radius 3 is 3.00 bits per heavy atom. The van der Waals surface area contributed by atoms with Gasteiger partial charge in [0.1, 0.15) is 5.75 Å². The van der Waals surface area contributed by atoms with Crippen LogP contribution >= 0.6 is 0 Å². The lowest BCUT2D eigenvalue weighted by Gasteiger charge is -2.37. The van der Waals surface area contributed by atoms with Gasteiger partial charge >= 0.3 is 0 Å². The second kappa shape index (κ2) is 4.90. The van der Waals surface area contributed by atoms with Crippen molar-refractivity contribution in [3.63, 3.8) is 0 Å². The summed E-state index contributed by atoms with van der Waals surface area (Å²) >= 11 is 0. The average molecular weight is 247 g/mol. The van der Waals surface area contributed by atoms with E-state index >= 15 is 0 Å². The minimum Gasteiger partial charge on any atom is -0.508 e. The van der Waals surface area contributed by atoms with Crippen LogP contribution in [-0.2, 0) is 11.2 Å². The Hall–Kier alpha value is -1.06. The number of phenolic OH excluding ortho intramolecular Hbond substituents is 1. The summed E-state index contributed by atoms with van der Waals surface area (Å²) in [4.78, 5) is 0. The van der Waals surface area contributed by atoms with E-state index in [0.29, 0.717) is 23.9 Å². The summed E-state index contributed by atoms with van der Waals surface area (Å²) in [5, 5.41) is 13.5. The molecule has 2 aliphatic rings. The molecule has 0 radical (unpaired) electrons. The van der Waals surface area contributed by atoms with Gasteiger partial charge < -0.3 is 15.2 Å². The van der Waals surface area contributed by atoms with Crippen LogP contribution in [0.5, 0.6) is 5.75 Å². The predicted molar refractivity (Wildman–Crippen MR) is 70.7 cm³/mol. The van der Waals surface area contributed by atoms with Crippen molar-refractivity contribution in [2.45, 2.75) is 50.8 Å². The van der Waals surface area contributed by atoms with E-state index in [9.17, 15) is 5.11 Å². The van der Waals surface area contributed by atoms with Crippen LogP contribution in [0.25, 0.3) is 0 Å². The van der Waals surface area contributed by atoms with E-state index in [-0.39, 0.29) is 0 Å². The molecule has 1 aromatic rings. The topological polar surface area (TPSA) is 41.5 Å². The molecule has 2 N–H and O–H groups in total. The van der Waals surface area contributed by atoms with Crippen molar-refractivity contribution in [3.05, 3.63) is 29.3 Å². The van der Waals surface area contributed by atoms with Crippen molar-refractivity contribution in [1.82, 2.24) is 5.32 Å². The van der Waals surface area contributed by atoms with Crippen LogP contribution in [-0.4, -0.2) is 23.9 Å². The summed E-state index contributed by atoms with van der Waals surface area (Å²) in [6.45, 7) is 2.87. The molecule has 18 heavy (non-hydrogen) atoms. The molecule has 0 bridgehead atoms. The number of benzene rings is 1. The molecule has 1 aromatic carbocycles. The van der Waals surface area contributed by atoms with Gasteiger partial charge in [-0.2, -0.15) is 0 Å². The zero-order valence-corrected chi connectivity index (χ0v) is 10.9. The monoisotopic (exact) mass is 247 g/mol. The zero-order valence-electron chi connectivity index (χ0n) is 10.9. The molecule has 3 rings (SSSR count). The van der Waals surface area contributed by atoms with Gasteiger partial charge in [0.05, 0.1) is 6.10 Å². The molecular formula is C15H21NO2. The first-order valence-electron chi connectivity index (χ1n) is 6.96. The van der Waals surface area contributed by atoms with Crippen LogP contribution in [0.1, 0.15) is 43.4 Å². The Morgan fingerprint density at radius 2 is 2.22 bits per heavy atom. The molecule has 98 valence electrons. The fraction of sp³-hybridized carbons (Fsp3) is 0.600. The van der Waals surface area contributed by atoms with Crippen molar-refractivity contribution in [1.29, 1.82) is 0 Å². The smallest absolute Gasteiger partial charge is 0.119 e. The lowest BCUT2D eigenvalue weighted by molar-refractivity contribution is -0.0124. The average Bonchev–Trinajstić information content (AvgIpc) is 2.71. The van der Waals surface area contributed by atoms with Gasteiger partial charge in [0.25, 0.3) is 0 Å². The van der Waals surface area contributed by atoms with E-state index in [2.05, 4.69) is 18.3 Å². The third-order valence-corrected chi connectivity index (χ3v) is 4.18. The number of rotatable bonds is 4. The minimum absolute atomic E-state index is 0.416. The van der Waals surface area contributed by atoms with Gasteiger partial charge in [-0.05, 0) is 49.8 Å². The Bertz CT molecular complexity index is 427. The molecule has 3 heteroatoms. The number of fused-ring (bicyclic) bond motifs is 1. The molecule has 1 fully saturated rings. The number of hydrogen-bond donors (Lipinski definition) is 2. The van der Waals surface area contributed by atoms with E-state index < -0.39 is 0 Å². The largest absolute Gasteiger partial charge is 0.508 e. The van der Waals surface area contributed by atoms with Crippen molar-refractivity contribution in [2.75, 3.05) is 6.61 Å². The molecule has 1 saturated carbocycles. The number of nitrogens with one attached hydrogen (secondary N) is 1. The highest BCUT2D eigenvalue weighted by Crippen LogP contribution is 2.38. The van der Waals surface area contributed by atoms with E-state index in [1.807, 2.05) is 6.07 Å². The number of ether oxygens (including phenoxy) is 1. The van der Waals surface area contributed by atoms with Gasteiger partial charge in [-0.3, -0.25) is 0 Å². The normalized spacial score (nSPS) is 29.9. The van der Waals surface area contributed by atoms with E-state index in [4.69, 9.17) is 4.74 Å². The molecule has 0 saturated heterocycles. The van der Waals surface area contributed by atoms with Crippen LogP contribution in [0.4, 0.5) is 0 Å². The van der Waals surface area contributed by atoms with Crippen LogP contribution in [0.15, 0.2) is 18.2 Å². The van der Waals surface area contributed by atoms with Gasteiger partial charge in [-0.15, -0.1) is 0 Å². The summed E-state index contributed by atoms with van der Waals surface area (Å²) < 4.78 is 5.58. The molecule has 3 nitrogen and oxygen atoms in total. The lowest BCUT2D eigenvalue weighted by Crippen LogP contribution is -2.46. The Kier molecular flexibility index (Phi) is 3.27. The fourth-order valence-electron chi connectivity index (χ4n) is 3.17. The van der Waals surface area contributed by atoms with Gasteiger partial charge in [0.2, 0.25) is 0 Å². The Morgan fingerprint density at radius 1 is 1.39 bits per heavy atom. The summed E-state index contributed by atoms with van der Waals surface area (Å²) in [6.07, 6.45) is 4.79. The Balaban J connectivity index is 1.59. The van der Waals surface area contributed by atoms with Crippen molar-refractivity contribution >= 4 is 0 Å². The number of phenols is 1. The third-order valence-electron chi connectivity index (χ3n) is 4.18. The zero-order chi connectivity index (χ0) is 12.5. The molecule has 1 atom stereocenters.